The van der Waals surface area contributed by atoms with Crippen LogP contribution in [0.15, 0.2) is 43.0 Å². The molecule has 2 heterocycles. The van der Waals surface area contributed by atoms with Crippen LogP contribution in [0.5, 0.6) is 5.75 Å². The number of nitrogens with zero attached hydrogens (tertiary/aromatic N) is 3. The second kappa shape index (κ2) is 4.73. The van der Waals surface area contributed by atoms with Crippen molar-refractivity contribution in [2.75, 3.05) is 7.11 Å². The Kier molecular flexibility index (Phi) is 2.90. The predicted octanol–water partition coefficient (Wildman–Crippen LogP) is 2.11. The van der Waals surface area contributed by atoms with Gasteiger partial charge >= 0.3 is 0 Å². The van der Waals surface area contributed by atoms with Gasteiger partial charge in [-0.25, -0.2) is 8.91 Å². The molecule has 1 aromatic carbocycles. The number of hydrogen-bond acceptors (Lipinski definition) is 4. The zero-order chi connectivity index (χ0) is 14.1. The van der Waals surface area contributed by atoms with Crippen LogP contribution < -0.4 is 4.74 Å². The summed E-state index contributed by atoms with van der Waals surface area (Å²) in [6, 6.07) is 3.82. The molecule has 0 saturated carbocycles. The average Bonchev–Trinajstić information content (AvgIpc) is 2.90. The fraction of sp³-hybridized carbons (Fsp3) is 0.0714. The molecule has 0 spiro atoms. The number of carbonyl (C=O) groups excluding carboxylic acids is 1. The normalized spacial score (nSPS) is 10.7. The summed E-state index contributed by atoms with van der Waals surface area (Å²) in [5, 5.41) is 4.06. The highest BCUT2D eigenvalue weighted by atomic mass is 19.1. The van der Waals surface area contributed by atoms with Gasteiger partial charge in [-0.2, -0.15) is 5.10 Å². The third kappa shape index (κ3) is 1.91. The van der Waals surface area contributed by atoms with Gasteiger partial charge in [-0.1, -0.05) is 0 Å². The zero-order valence-corrected chi connectivity index (χ0v) is 10.6. The lowest BCUT2D eigenvalue weighted by molar-refractivity contribution is 0.103. The quantitative estimate of drug-likeness (QED) is 0.685. The molecule has 3 aromatic rings. The largest absolute Gasteiger partial charge is 0.496 e. The first kappa shape index (κ1) is 12.3. The number of carbonyl (C=O) groups is 1. The fourth-order valence-electron chi connectivity index (χ4n) is 2.01. The Hall–Kier alpha value is -2.76. The van der Waals surface area contributed by atoms with Gasteiger partial charge in [-0.05, 0) is 18.2 Å². The van der Waals surface area contributed by atoms with E-state index in [1.54, 1.807) is 12.4 Å². The van der Waals surface area contributed by atoms with Crippen molar-refractivity contribution in [3.05, 3.63) is 59.9 Å². The summed E-state index contributed by atoms with van der Waals surface area (Å²) in [5.74, 6) is -0.535. The van der Waals surface area contributed by atoms with Crippen LogP contribution in [-0.4, -0.2) is 27.5 Å². The van der Waals surface area contributed by atoms with E-state index in [0.717, 1.165) is 6.07 Å². The Morgan fingerprint density at radius 3 is 2.95 bits per heavy atom. The van der Waals surface area contributed by atoms with Crippen molar-refractivity contribution in [2.45, 2.75) is 0 Å². The lowest BCUT2D eigenvalue weighted by Crippen LogP contribution is -2.04. The maximum atomic E-state index is 13.4. The van der Waals surface area contributed by atoms with Crippen molar-refractivity contribution in [2.24, 2.45) is 0 Å². The molecule has 0 N–H and O–H groups in total. The first-order valence-electron chi connectivity index (χ1n) is 5.86. The van der Waals surface area contributed by atoms with E-state index < -0.39 is 5.82 Å². The molecule has 0 radical (unpaired) electrons. The third-order valence-electron chi connectivity index (χ3n) is 2.98. The average molecular weight is 271 g/mol. The van der Waals surface area contributed by atoms with Gasteiger partial charge in [0.05, 0.1) is 36.1 Å². The summed E-state index contributed by atoms with van der Waals surface area (Å²) in [5.41, 5.74) is 1.07. The summed E-state index contributed by atoms with van der Waals surface area (Å²) < 4.78 is 20.0. The van der Waals surface area contributed by atoms with Crippen molar-refractivity contribution >= 4 is 11.3 Å². The number of aromatic nitrogens is 3. The Morgan fingerprint density at radius 2 is 2.15 bits per heavy atom. The summed E-state index contributed by atoms with van der Waals surface area (Å²) in [6.45, 7) is 0. The molecule has 0 saturated heterocycles. The van der Waals surface area contributed by atoms with E-state index in [9.17, 15) is 9.18 Å². The van der Waals surface area contributed by atoms with Crippen molar-refractivity contribution in [3.8, 4) is 5.75 Å². The van der Waals surface area contributed by atoms with Gasteiger partial charge in [-0.15, -0.1) is 0 Å². The van der Waals surface area contributed by atoms with Crippen LogP contribution in [0.2, 0.25) is 0 Å². The minimum absolute atomic E-state index is 0.159. The minimum Gasteiger partial charge on any atom is -0.496 e. The summed E-state index contributed by atoms with van der Waals surface area (Å²) in [4.78, 5) is 16.5. The third-order valence-corrected chi connectivity index (χ3v) is 2.98. The number of rotatable bonds is 3. The Labute approximate surface area is 113 Å². The predicted molar refractivity (Wildman–Crippen MR) is 69.4 cm³/mol. The number of ether oxygens (including phenoxy) is 1. The Morgan fingerprint density at radius 1 is 1.30 bits per heavy atom. The maximum Gasteiger partial charge on any atom is 0.200 e. The van der Waals surface area contributed by atoms with Crippen LogP contribution in [0.4, 0.5) is 4.39 Å². The first-order valence-corrected chi connectivity index (χ1v) is 5.86. The minimum atomic E-state index is -0.497. The molecule has 5 nitrogen and oxygen atoms in total. The van der Waals surface area contributed by atoms with Crippen LogP contribution in [0.1, 0.15) is 15.9 Å². The van der Waals surface area contributed by atoms with Crippen molar-refractivity contribution in [3.63, 3.8) is 0 Å². The second-order valence-corrected chi connectivity index (χ2v) is 4.14. The van der Waals surface area contributed by atoms with Gasteiger partial charge in [0.2, 0.25) is 5.78 Å². The highest BCUT2D eigenvalue weighted by molar-refractivity contribution is 6.14. The number of methoxy groups -OCH3 is 1. The maximum absolute atomic E-state index is 13.4. The molecular weight excluding hydrogens is 261 g/mol. The zero-order valence-electron chi connectivity index (χ0n) is 10.6. The van der Waals surface area contributed by atoms with Gasteiger partial charge in [0.15, 0.2) is 0 Å². The highest BCUT2D eigenvalue weighted by Gasteiger charge is 2.19. The second-order valence-electron chi connectivity index (χ2n) is 4.14. The van der Waals surface area contributed by atoms with E-state index in [0.29, 0.717) is 16.8 Å². The number of hydrogen-bond donors (Lipinski definition) is 0. The lowest BCUT2D eigenvalue weighted by atomic mass is 10.0. The molecule has 100 valence electrons. The molecule has 0 amide bonds. The topological polar surface area (TPSA) is 56.5 Å². The number of benzene rings is 1. The molecule has 0 fully saturated rings. The number of fused-ring (bicyclic) bond motifs is 1. The van der Waals surface area contributed by atoms with Crippen LogP contribution in [0.3, 0.4) is 0 Å². The van der Waals surface area contributed by atoms with Crippen molar-refractivity contribution < 1.29 is 13.9 Å². The summed E-state index contributed by atoms with van der Waals surface area (Å²) in [6.07, 6.45) is 6.17. The fourth-order valence-corrected chi connectivity index (χ4v) is 2.01. The van der Waals surface area contributed by atoms with Crippen LogP contribution in [0, 0.1) is 5.82 Å². The van der Waals surface area contributed by atoms with Crippen molar-refractivity contribution in [1.29, 1.82) is 0 Å². The Balaban J connectivity index is 2.15. The van der Waals surface area contributed by atoms with E-state index in [2.05, 4.69) is 10.1 Å². The van der Waals surface area contributed by atoms with Crippen molar-refractivity contribution in [1.82, 2.24) is 14.6 Å². The monoisotopic (exact) mass is 271 g/mol. The van der Waals surface area contributed by atoms with Crippen LogP contribution >= 0.6 is 0 Å². The van der Waals surface area contributed by atoms with E-state index in [1.165, 1.54) is 36.2 Å². The SMILES string of the molecule is COc1ccc(F)cc1C(=O)c1cnn2ccncc12. The van der Waals surface area contributed by atoms with E-state index in [4.69, 9.17) is 4.74 Å². The summed E-state index contributed by atoms with van der Waals surface area (Å²) in [7, 11) is 1.43. The van der Waals surface area contributed by atoms with E-state index >= 15 is 0 Å². The molecule has 3 rings (SSSR count). The number of halogens is 1. The molecule has 20 heavy (non-hydrogen) atoms. The molecule has 0 atom stereocenters. The van der Waals surface area contributed by atoms with Gasteiger partial charge < -0.3 is 4.74 Å². The van der Waals surface area contributed by atoms with Crippen LogP contribution in [0.25, 0.3) is 5.52 Å². The summed E-state index contributed by atoms with van der Waals surface area (Å²) >= 11 is 0. The standard InChI is InChI=1S/C14H10FN3O2/c1-20-13-3-2-9(15)6-10(13)14(19)11-7-17-18-5-4-16-8-12(11)18/h2-8H,1H3. The molecular formula is C14H10FN3O2. The molecule has 0 aliphatic carbocycles. The molecule has 0 unspecified atom stereocenters. The first-order chi connectivity index (χ1) is 9.70. The molecule has 6 heteroatoms. The smallest absolute Gasteiger partial charge is 0.200 e. The number of ketones is 1. The highest BCUT2D eigenvalue weighted by Crippen LogP contribution is 2.24. The molecule has 2 aromatic heterocycles. The molecule has 0 aliphatic rings. The van der Waals surface area contributed by atoms with Gasteiger partial charge in [-0.3, -0.25) is 9.78 Å². The Bertz CT molecular complexity index is 798. The molecule has 0 bridgehead atoms. The van der Waals surface area contributed by atoms with Gasteiger partial charge in [0.25, 0.3) is 0 Å². The van der Waals surface area contributed by atoms with Crippen LogP contribution in [-0.2, 0) is 0 Å². The van der Waals surface area contributed by atoms with Gasteiger partial charge in [0, 0.05) is 12.4 Å². The lowest BCUT2D eigenvalue weighted by Gasteiger charge is -2.06. The molecule has 0 aliphatic heterocycles. The van der Waals surface area contributed by atoms with E-state index in [1.807, 2.05) is 0 Å². The van der Waals surface area contributed by atoms with E-state index in [-0.39, 0.29) is 11.3 Å². The van der Waals surface area contributed by atoms with Gasteiger partial charge in [0.1, 0.15) is 11.6 Å².